The van der Waals surface area contributed by atoms with E-state index in [1.165, 1.54) is 12.1 Å². The Hall–Kier alpha value is -3.29. The van der Waals surface area contributed by atoms with Gasteiger partial charge in [-0.2, -0.15) is 8.78 Å². The van der Waals surface area contributed by atoms with Crippen LogP contribution < -0.4 is 10.1 Å². The zero-order valence-corrected chi connectivity index (χ0v) is 15.3. The van der Waals surface area contributed by atoms with Crippen LogP contribution in [0.5, 0.6) is 5.75 Å². The molecule has 1 N–H and O–H groups in total. The van der Waals surface area contributed by atoms with Crippen molar-refractivity contribution in [3.05, 3.63) is 88.9 Å². The summed E-state index contributed by atoms with van der Waals surface area (Å²) < 4.78 is 63.8. The van der Waals surface area contributed by atoms with Crippen molar-refractivity contribution in [1.29, 1.82) is 0 Å². The van der Waals surface area contributed by atoms with E-state index in [-0.39, 0.29) is 23.6 Å². The molecule has 1 atom stereocenters. The number of hydrogen-bond acceptors (Lipinski definition) is 3. The van der Waals surface area contributed by atoms with Crippen LogP contribution in [0.2, 0.25) is 0 Å². The molecule has 0 aliphatic carbocycles. The van der Waals surface area contributed by atoms with Crippen molar-refractivity contribution in [3.63, 3.8) is 0 Å². The summed E-state index contributed by atoms with van der Waals surface area (Å²) in [6.07, 6.45) is 0.649. The molecule has 0 spiro atoms. The van der Waals surface area contributed by atoms with Gasteiger partial charge in [-0.3, -0.25) is 4.79 Å². The fourth-order valence-corrected chi connectivity index (χ4v) is 2.73. The van der Waals surface area contributed by atoms with Crippen LogP contribution in [0.3, 0.4) is 0 Å². The van der Waals surface area contributed by atoms with Gasteiger partial charge >= 0.3 is 0 Å². The molecule has 0 aliphatic rings. The van der Waals surface area contributed by atoms with Crippen molar-refractivity contribution < 1.29 is 31.5 Å². The molecule has 0 bridgehead atoms. The van der Waals surface area contributed by atoms with E-state index in [0.717, 1.165) is 5.56 Å². The minimum Gasteiger partial charge on any atom is -0.479 e. The number of carbonyl (C=O) groups excluding carboxylic acids is 1. The lowest BCUT2D eigenvalue weighted by Gasteiger charge is -2.16. The molecule has 1 aromatic heterocycles. The normalized spacial score (nSPS) is 11.9. The van der Waals surface area contributed by atoms with Crippen LogP contribution in [0.4, 0.5) is 17.6 Å². The topological polar surface area (TPSA) is 51.5 Å². The second kappa shape index (κ2) is 8.81. The Morgan fingerprint density at radius 2 is 1.69 bits per heavy atom. The SMILES string of the molecule is CCC(NC(=O)c1ccc(COc2c(F)c(F)cc(F)c2F)o1)c1ccccc1. The van der Waals surface area contributed by atoms with E-state index >= 15 is 0 Å². The number of ether oxygens (including phenoxy) is 1. The average molecular weight is 407 g/mol. The van der Waals surface area contributed by atoms with Gasteiger partial charge in [-0.1, -0.05) is 37.3 Å². The highest BCUT2D eigenvalue weighted by molar-refractivity contribution is 5.91. The second-order valence-corrected chi connectivity index (χ2v) is 6.20. The Bertz CT molecular complexity index is 978. The highest BCUT2D eigenvalue weighted by atomic mass is 19.2. The first-order valence-corrected chi connectivity index (χ1v) is 8.81. The van der Waals surface area contributed by atoms with Gasteiger partial charge in [-0.05, 0) is 24.1 Å². The van der Waals surface area contributed by atoms with E-state index in [1.807, 2.05) is 37.3 Å². The molecule has 2 aromatic carbocycles. The molecular formula is C21H17F4NO3. The van der Waals surface area contributed by atoms with E-state index in [2.05, 4.69) is 5.32 Å². The van der Waals surface area contributed by atoms with Crippen LogP contribution >= 0.6 is 0 Å². The highest BCUT2D eigenvalue weighted by Crippen LogP contribution is 2.27. The summed E-state index contributed by atoms with van der Waals surface area (Å²) in [7, 11) is 0. The lowest BCUT2D eigenvalue weighted by molar-refractivity contribution is 0.0903. The molecule has 0 saturated heterocycles. The molecule has 8 heteroatoms. The van der Waals surface area contributed by atoms with Gasteiger partial charge < -0.3 is 14.5 Å². The van der Waals surface area contributed by atoms with Crippen LogP contribution in [0.1, 0.15) is 41.3 Å². The maximum atomic E-state index is 13.6. The fraction of sp³-hybridized carbons (Fsp3) is 0.190. The number of furan rings is 1. The first-order chi connectivity index (χ1) is 13.9. The third kappa shape index (κ3) is 4.59. The maximum absolute atomic E-state index is 13.6. The quantitative estimate of drug-likeness (QED) is 0.427. The third-order valence-corrected chi connectivity index (χ3v) is 4.23. The number of benzene rings is 2. The molecule has 1 unspecified atom stereocenters. The summed E-state index contributed by atoms with van der Waals surface area (Å²) in [5.74, 6) is -8.13. The van der Waals surface area contributed by atoms with E-state index in [1.54, 1.807) is 0 Å². The molecule has 4 nitrogen and oxygen atoms in total. The number of nitrogens with one attached hydrogen (secondary N) is 1. The van der Waals surface area contributed by atoms with Crippen molar-refractivity contribution in [2.75, 3.05) is 0 Å². The molecular weight excluding hydrogens is 390 g/mol. The van der Waals surface area contributed by atoms with Gasteiger partial charge in [0, 0.05) is 6.07 Å². The number of carbonyl (C=O) groups is 1. The molecule has 152 valence electrons. The van der Waals surface area contributed by atoms with Crippen molar-refractivity contribution in [2.24, 2.45) is 0 Å². The van der Waals surface area contributed by atoms with Crippen molar-refractivity contribution >= 4 is 5.91 Å². The number of rotatable bonds is 7. The number of amides is 1. The Kier molecular flexibility index (Phi) is 6.21. The maximum Gasteiger partial charge on any atom is 0.287 e. The van der Waals surface area contributed by atoms with Crippen molar-refractivity contribution in [3.8, 4) is 5.75 Å². The molecule has 1 heterocycles. The summed E-state index contributed by atoms with van der Waals surface area (Å²) in [6.45, 7) is 1.39. The Morgan fingerprint density at radius 3 is 2.31 bits per heavy atom. The number of halogens is 4. The smallest absolute Gasteiger partial charge is 0.287 e. The molecule has 29 heavy (non-hydrogen) atoms. The Balaban J connectivity index is 1.67. The zero-order chi connectivity index (χ0) is 21.0. The van der Waals surface area contributed by atoms with E-state index in [9.17, 15) is 22.4 Å². The summed E-state index contributed by atoms with van der Waals surface area (Å²) in [4.78, 5) is 12.4. The molecule has 3 rings (SSSR count). The van der Waals surface area contributed by atoms with Gasteiger partial charge in [0.05, 0.1) is 6.04 Å². The van der Waals surface area contributed by atoms with Crippen LogP contribution in [0.25, 0.3) is 0 Å². The standard InChI is InChI=1S/C21H17F4NO3/c1-2-16(12-6-4-3-5-7-12)26-21(27)17-9-8-13(29-17)11-28-20-18(24)14(22)10-15(23)19(20)25/h3-10,16H,2,11H2,1H3,(H,26,27). The lowest BCUT2D eigenvalue weighted by Crippen LogP contribution is -2.27. The van der Waals surface area contributed by atoms with Gasteiger partial charge in [0.25, 0.3) is 5.91 Å². The first kappa shape index (κ1) is 20.4. The lowest BCUT2D eigenvalue weighted by atomic mass is 10.0. The predicted molar refractivity (Wildman–Crippen MR) is 96.3 cm³/mol. The summed E-state index contributed by atoms with van der Waals surface area (Å²) >= 11 is 0. The Morgan fingerprint density at radius 1 is 1.03 bits per heavy atom. The molecule has 0 saturated carbocycles. The minimum absolute atomic E-state index is 0.0376. The molecule has 0 radical (unpaired) electrons. The molecule has 3 aromatic rings. The van der Waals surface area contributed by atoms with Gasteiger partial charge in [0.15, 0.2) is 23.1 Å². The van der Waals surface area contributed by atoms with Crippen LogP contribution in [0.15, 0.2) is 52.9 Å². The fourth-order valence-electron chi connectivity index (χ4n) is 2.73. The second-order valence-electron chi connectivity index (χ2n) is 6.20. The van der Waals surface area contributed by atoms with Gasteiger partial charge in [0.2, 0.25) is 11.6 Å². The number of hydrogen-bond donors (Lipinski definition) is 1. The van der Waals surface area contributed by atoms with Gasteiger partial charge in [-0.25, -0.2) is 8.78 Å². The minimum atomic E-state index is -1.65. The summed E-state index contributed by atoms with van der Waals surface area (Å²) in [6, 6.07) is 12.0. The van der Waals surface area contributed by atoms with E-state index < -0.39 is 41.5 Å². The summed E-state index contributed by atoms with van der Waals surface area (Å²) in [5.41, 5.74) is 0.928. The van der Waals surface area contributed by atoms with Crippen molar-refractivity contribution in [2.45, 2.75) is 26.0 Å². The average Bonchev–Trinajstić information content (AvgIpc) is 3.20. The molecule has 0 fully saturated rings. The molecule has 0 aliphatic heterocycles. The van der Waals surface area contributed by atoms with Crippen LogP contribution in [0, 0.1) is 23.3 Å². The first-order valence-electron chi connectivity index (χ1n) is 8.81. The highest BCUT2D eigenvalue weighted by Gasteiger charge is 2.22. The van der Waals surface area contributed by atoms with E-state index in [0.29, 0.717) is 6.42 Å². The predicted octanol–water partition coefficient (Wildman–Crippen LogP) is 5.30. The van der Waals surface area contributed by atoms with Crippen molar-refractivity contribution in [1.82, 2.24) is 5.32 Å². The summed E-state index contributed by atoms with van der Waals surface area (Å²) in [5, 5.41) is 2.83. The third-order valence-electron chi connectivity index (χ3n) is 4.23. The zero-order valence-electron chi connectivity index (χ0n) is 15.3. The largest absolute Gasteiger partial charge is 0.479 e. The van der Waals surface area contributed by atoms with Crippen LogP contribution in [-0.4, -0.2) is 5.91 Å². The van der Waals surface area contributed by atoms with Gasteiger partial charge in [-0.15, -0.1) is 0 Å². The Labute approximate surface area is 164 Å². The molecule has 1 amide bonds. The van der Waals surface area contributed by atoms with Gasteiger partial charge in [0.1, 0.15) is 12.4 Å². The van der Waals surface area contributed by atoms with Crippen LogP contribution in [-0.2, 0) is 6.61 Å². The monoisotopic (exact) mass is 407 g/mol. The van der Waals surface area contributed by atoms with E-state index in [4.69, 9.17) is 9.15 Å².